The zero-order valence-corrected chi connectivity index (χ0v) is 58.3. The molecular formula is C69H130O17P2. The molecule has 0 fully saturated rings. The Morgan fingerprint density at radius 1 is 0.352 bits per heavy atom. The van der Waals surface area contributed by atoms with E-state index in [4.69, 9.17) is 37.0 Å². The Bertz CT molecular complexity index is 1810. The minimum absolute atomic E-state index is 0.1000. The quantitative estimate of drug-likeness (QED) is 0.0169. The highest BCUT2D eigenvalue weighted by molar-refractivity contribution is 7.47. The number of carbonyl (C=O) groups excluding carboxylic acids is 4. The van der Waals surface area contributed by atoms with Crippen LogP contribution in [0.1, 0.15) is 324 Å². The third-order valence-corrected chi connectivity index (χ3v) is 17.2. The van der Waals surface area contributed by atoms with Gasteiger partial charge < -0.3 is 33.8 Å². The maximum absolute atomic E-state index is 13.0. The second kappa shape index (κ2) is 60.8. The van der Waals surface area contributed by atoms with Gasteiger partial charge in [0.2, 0.25) is 0 Å². The van der Waals surface area contributed by atoms with Gasteiger partial charge in [0.15, 0.2) is 12.2 Å². The number of aliphatic hydroxyl groups is 1. The minimum atomic E-state index is -4.96. The van der Waals surface area contributed by atoms with Crippen molar-refractivity contribution in [3.05, 3.63) is 24.3 Å². The molecule has 0 saturated carbocycles. The molecule has 2 unspecified atom stereocenters. The molecule has 5 atom stereocenters. The lowest BCUT2D eigenvalue weighted by Crippen LogP contribution is -2.30. The smallest absolute Gasteiger partial charge is 0.462 e. The van der Waals surface area contributed by atoms with Gasteiger partial charge in [0.25, 0.3) is 0 Å². The van der Waals surface area contributed by atoms with E-state index in [2.05, 4.69) is 65.8 Å². The highest BCUT2D eigenvalue weighted by Gasteiger charge is 2.30. The summed E-state index contributed by atoms with van der Waals surface area (Å²) >= 11 is 0. The number of allylic oxidation sites excluding steroid dienone is 4. The molecule has 0 aliphatic heterocycles. The summed E-state index contributed by atoms with van der Waals surface area (Å²) in [5, 5.41) is 10.5. The molecule has 0 aliphatic carbocycles. The Balaban J connectivity index is 5.21. The lowest BCUT2D eigenvalue weighted by Gasteiger charge is -2.21. The molecule has 0 aromatic heterocycles. The topological polar surface area (TPSA) is 237 Å². The second-order valence-electron chi connectivity index (χ2n) is 25.2. The second-order valence-corrected chi connectivity index (χ2v) is 28.1. The molecule has 0 spiro atoms. The highest BCUT2D eigenvalue weighted by Crippen LogP contribution is 2.45. The summed E-state index contributed by atoms with van der Waals surface area (Å²) in [7, 11) is -9.90. The fourth-order valence-corrected chi connectivity index (χ4v) is 11.5. The summed E-state index contributed by atoms with van der Waals surface area (Å²) in [6.07, 6.45) is 48.4. The van der Waals surface area contributed by atoms with Gasteiger partial charge in [0, 0.05) is 25.7 Å². The van der Waals surface area contributed by atoms with Crippen LogP contribution in [-0.2, 0) is 65.4 Å². The lowest BCUT2D eigenvalue weighted by molar-refractivity contribution is -0.161. The monoisotopic (exact) mass is 1290 g/mol. The van der Waals surface area contributed by atoms with Crippen LogP contribution in [0, 0.1) is 11.8 Å². The van der Waals surface area contributed by atoms with E-state index in [0.29, 0.717) is 25.7 Å². The van der Waals surface area contributed by atoms with Gasteiger partial charge in [-0.1, -0.05) is 271 Å². The molecule has 3 N–H and O–H groups in total. The van der Waals surface area contributed by atoms with Crippen LogP contribution in [-0.4, -0.2) is 96.7 Å². The van der Waals surface area contributed by atoms with Crippen LogP contribution in [0.25, 0.3) is 0 Å². The van der Waals surface area contributed by atoms with E-state index >= 15 is 0 Å². The molecule has 0 aliphatic rings. The predicted octanol–water partition coefficient (Wildman–Crippen LogP) is 19.2. The summed E-state index contributed by atoms with van der Waals surface area (Å²) in [5.74, 6) is -0.648. The maximum Gasteiger partial charge on any atom is 0.472 e. The normalized spacial score (nSPS) is 14.4. The lowest BCUT2D eigenvalue weighted by atomic mass is 10.0. The summed E-state index contributed by atoms with van der Waals surface area (Å²) in [6, 6.07) is 0. The van der Waals surface area contributed by atoms with Crippen LogP contribution in [0.3, 0.4) is 0 Å². The van der Waals surface area contributed by atoms with Crippen molar-refractivity contribution in [2.45, 2.75) is 342 Å². The third kappa shape index (κ3) is 62.4. The van der Waals surface area contributed by atoms with Crippen molar-refractivity contribution in [2.75, 3.05) is 39.6 Å². The first-order valence-corrected chi connectivity index (χ1v) is 38.3. The Hall–Kier alpha value is -2.46. The van der Waals surface area contributed by atoms with E-state index in [9.17, 15) is 43.2 Å². The van der Waals surface area contributed by atoms with Crippen molar-refractivity contribution >= 4 is 39.5 Å². The molecule has 0 rings (SSSR count). The molecule has 0 saturated heterocycles. The van der Waals surface area contributed by atoms with Crippen molar-refractivity contribution in [3.63, 3.8) is 0 Å². The number of phosphoric acid groups is 2. The van der Waals surface area contributed by atoms with Crippen LogP contribution in [0.5, 0.6) is 0 Å². The zero-order valence-electron chi connectivity index (χ0n) is 56.5. The molecule has 0 heterocycles. The van der Waals surface area contributed by atoms with Crippen LogP contribution < -0.4 is 0 Å². The fourth-order valence-electron chi connectivity index (χ4n) is 9.87. The van der Waals surface area contributed by atoms with Crippen LogP contribution in [0.4, 0.5) is 0 Å². The maximum atomic E-state index is 13.0. The Morgan fingerprint density at radius 2 is 0.614 bits per heavy atom. The third-order valence-electron chi connectivity index (χ3n) is 15.3. The number of hydrogen-bond acceptors (Lipinski definition) is 15. The van der Waals surface area contributed by atoms with Gasteiger partial charge in [0.1, 0.15) is 19.3 Å². The first kappa shape index (κ1) is 85.5. The highest BCUT2D eigenvalue weighted by atomic mass is 31.2. The Labute approximate surface area is 535 Å². The molecule has 0 aromatic carbocycles. The average Bonchev–Trinajstić information content (AvgIpc) is 3.57. The van der Waals surface area contributed by atoms with Gasteiger partial charge in [-0.2, -0.15) is 0 Å². The zero-order chi connectivity index (χ0) is 65.0. The van der Waals surface area contributed by atoms with Crippen molar-refractivity contribution in [1.29, 1.82) is 0 Å². The van der Waals surface area contributed by atoms with Gasteiger partial charge in [-0.05, 0) is 63.2 Å². The van der Waals surface area contributed by atoms with Gasteiger partial charge in [-0.25, -0.2) is 9.13 Å². The van der Waals surface area contributed by atoms with Gasteiger partial charge >= 0.3 is 39.5 Å². The summed E-state index contributed by atoms with van der Waals surface area (Å²) < 4.78 is 68.0. The van der Waals surface area contributed by atoms with Crippen LogP contribution in [0.2, 0.25) is 0 Å². The number of rotatable bonds is 66. The number of carbonyl (C=O) groups is 4. The molecule has 88 heavy (non-hydrogen) atoms. The van der Waals surface area contributed by atoms with E-state index in [-0.39, 0.29) is 25.7 Å². The molecule has 0 aromatic rings. The number of aliphatic hydroxyl groups excluding tert-OH is 1. The van der Waals surface area contributed by atoms with E-state index < -0.39 is 97.5 Å². The van der Waals surface area contributed by atoms with Crippen molar-refractivity contribution in [1.82, 2.24) is 0 Å². The van der Waals surface area contributed by atoms with Gasteiger partial charge in [-0.15, -0.1) is 0 Å². The predicted molar refractivity (Wildman–Crippen MR) is 354 cm³/mol. The molecule has 0 amide bonds. The molecule has 0 bridgehead atoms. The van der Waals surface area contributed by atoms with Crippen molar-refractivity contribution in [3.8, 4) is 0 Å². The largest absolute Gasteiger partial charge is 0.472 e. The Morgan fingerprint density at radius 3 is 0.932 bits per heavy atom. The first-order valence-electron chi connectivity index (χ1n) is 35.3. The molecule has 518 valence electrons. The number of ether oxygens (including phenoxy) is 4. The summed E-state index contributed by atoms with van der Waals surface area (Å²) in [6.45, 7) is 9.37. The van der Waals surface area contributed by atoms with Crippen molar-refractivity contribution in [2.24, 2.45) is 11.8 Å². The van der Waals surface area contributed by atoms with Crippen LogP contribution >= 0.6 is 15.6 Å². The van der Waals surface area contributed by atoms with Crippen LogP contribution in [0.15, 0.2) is 24.3 Å². The Kier molecular flexibility index (Phi) is 59.1. The standard InChI is InChI=1S/C69H130O17P2/c1-7-9-11-13-14-15-16-17-18-21-24-29-34-40-46-52-67(72)80-58-65(86-68(73)53-47-41-35-30-25-22-19-20-23-27-32-38-43-49-61(3)4)60-84-88(77,78)82-56-63(70)55-81-87(75,76)83-59-64(57-79-66(71)51-45-37-12-10-8-2)85-69(74)54-48-42-36-31-26-28-33-39-44-50-62(5)6/h15-18,61-65,70H,7-14,19-60H2,1-6H3,(H,75,76)(H,77,78)/b16-15-,18-17-/t63-,64+,65+/m0/s1. The summed E-state index contributed by atoms with van der Waals surface area (Å²) in [4.78, 5) is 72.2. The average molecular weight is 1290 g/mol. The van der Waals surface area contributed by atoms with Gasteiger partial charge in [0.05, 0.1) is 26.4 Å². The number of esters is 4. The molecule has 17 nitrogen and oxygen atoms in total. The summed E-state index contributed by atoms with van der Waals surface area (Å²) in [5.41, 5.74) is 0. The number of unbranched alkanes of at least 4 members (excludes halogenated alkanes) is 33. The van der Waals surface area contributed by atoms with E-state index in [1.54, 1.807) is 0 Å². The fraction of sp³-hybridized carbons (Fsp3) is 0.884. The number of phosphoric ester groups is 2. The van der Waals surface area contributed by atoms with E-state index in [0.717, 1.165) is 127 Å². The van der Waals surface area contributed by atoms with E-state index in [1.807, 2.05) is 0 Å². The van der Waals surface area contributed by atoms with Gasteiger partial charge in [-0.3, -0.25) is 37.3 Å². The SMILES string of the molecule is CCCCCC/C=C\C=C/CCCCCCCC(=O)OC[C@H](COP(=O)(O)OC[C@@H](O)COP(=O)(O)OC[C@@H](COC(=O)CCCCCCC)OC(=O)CCCCCCCCCCCC(C)C)OC(=O)CCCCCCCCCCCCCCCC(C)C. The van der Waals surface area contributed by atoms with Crippen molar-refractivity contribution < 1.29 is 80.2 Å². The molecule has 0 radical (unpaired) electrons. The molecular weight excluding hydrogens is 1160 g/mol. The molecule has 19 heteroatoms. The number of hydrogen-bond donors (Lipinski definition) is 3. The first-order chi connectivity index (χ1) is 42.4. The van der Waals surface area contributed by atoms with E-state index in [1.165, 1.54) is 116 Å². The minimum Gasteiger partial charge on any atom is -0.462 e.